The van der Waals surface area contributed by atoms with Gasteiger partial charge in [-0.1, -0.05) is 30.3 Å². The number of fused-ring (bicyclic) bond motifs is 1. The highest BCUT2D eigenvalue weighted by atomic mass is 32.2. The van der Waals surface area contributed by atoms with Gasteiger partial charge in [-0.2, -0.15) is 4.31 Å². The zero-order valence-electron chi connectivity index (χ0n) is 16.4. The molecule has 31 heavy (non-hydrogen) atoms. The molecule has 0 aliphatic carbocycles. The molecule has 1 amide bonds. The summed E-state index contributed by atoms with van der Waals surface area (Å²) in [5, 5.41) is 0.955. The molecule has 1 aromatic heterocycles. The summed E-state index contributed by atoms with van der Waals surface area (Å²) < 4.78 is 54.2. The first-order valence-electron chi connectivity index (χ1n) is 9.63. The van der Waals surface area contributed by atoms with Gasteiger partial charge in [-0.05, 0) is 24.3 Å². The monoisotopic (exact) mass is 443 g/mol. The first-order chi connectivity index (χ1) is 14.9. The van der Waals surface area contributed by atoms with Crippen molar-refractivity contribution in [2.75, 3.05) is 26.2 Å². The van der Waals surface area contributed by atoms with Gasteiger partial charge in [-0.25, -0.2) is 17.2 Å². The summed E-state index contributed by atoms with van der Waals surface area (Å²) in [6.07, 6.45) is 4.78. The van der Waals surface area contributed by atoms with Crippen molar-refractivity contribution >= 4 is 32.9 Å². The molecule has 0 atom stereocenters. The Morgan fingerprint density at radius 2 is 1.58 bits per heavy atom. The number of pyridine rings is 1. The van der Waals surface area contributed by atoms with Crippen LogP contribution in [0.3, 0.4) is 0 Å². The minimum atomic E-state index is -4.33. The fourth-order valence-corrected chi connectivity index (χ4v) is 5.07. The second kappa shape index (κ2) is 8.52. The lowest BCUT2D eigenvalue weighted by Crippen LogP contribution is -2.50. The lowest BCUT2D eigenvalue weighted by molar-refractivity contribution is -0.127. The van der Waals surface area contributed by atoms with Gasteiger partial charge < -0.3 is 4.90 Å². The maximum Gasteiger partial charge on any atom is 0.249 e. The average molecular weight is 443 g/mol. The second-order valence-corrected chi connectivity index (χ2v) is 8.91. The summed E-state index contributed by atoms with van der Waals surface area (Å²) in [4.78, 5) is 17.5. The van der Waals surface area contributed by atoms with Gasteiger partial charge in [0.2, 0.25) is 15.9 Å². The molecule has 0 spiro atoms. The van der Waals surface area contributed by atoms with Gasteiger partial charge in [0.25, 0.3) is 0 Å². The van der Waals surface area contributed by atoms with Crippen LogP contribution in [-0.4, -0.2) is 54.7 Å². The largest absolute Gasteiger partial charge is 0.337 e. The van der Waals surface area contributed by atoms with Gasteiger partial charge in [0, 0.05) is 49.4 Å². The van der Waals surface area contributed by atoms with E-state index < -0.39 is 26.6 Å². The average Bonchev–Trinajstić information content (AvgIpc) is 2.77. The van der Waals surface area contributed by atoms with Crippen LogP contribution in [0, 0.1) is 11.6 Å². The van der Waals surface area contributed by atoms with E-state index in [4.69, 9.17) is 0 Å². The maximum atomic E-state index is 14.0. The van der Waals surface area contributed by atoms with Crippen LogP contribution in [0.25, 0.3) is 17.0 Å². The molecule has 0 bridgehead atoms. The number of benzene rings is 2. The van der Waals surface area contributed by atoms with Crippen molar-refractivity contribution in [2.24, 2.45) is 0 Å². The predicted molar refractivity (Wildman–Crippen MR) is 112 cm³/mol. The zero-order valence-corrected chi connectivity index (χ0v) is 17.2. The zero-order chi connectivity index (χ0) is 22.0. The third-order valence-corrected chi connectivity index (χ3v) is 7.09. The standard InChI is InChI=1S/C22H19F2N3O3S/c23-18-7-2-8-19(24)22(18)31(29,30)27-14-12-26(13-15-27)20(28)10-9-17-5-1-4-16-6-3-11-25-21(16)17/h1-11H,12-15H2. The number of rotatable bonds is 4. The summed E-state index contributed by atoms with van der Waals surface area (Å²) in [5.41, 5.74) is 1.57. The second-order valence-electron chi connectivity index (χ2n) is 7.04. The molecule has 0 unspecified atom stereocenters. The first-order valence-corrected chi connectivity index (χ1v) is 11.1. The summed E-state index contributed by atoms with van der Waals surface area (Å²) in [6, 6.07) is 12.3. The predicted octanol–water partition coefficient (Wildman–Crippen LogP) is 3.06. The summed E-state index contributed by atoms with van der Waals surface area (Å²) in [5.74, 6) is -2.54. The van der Waals surface area contributed by atoms with E-state index in [-0.39, 0.29) is 32.1 Å². The van der Waals surface area contributed by atoms with Gasteiger partial charge >= 0.3 is 0 Å². The van der Waals surface area contributed by atoms with E-state index in [0.29, 0.717) is 0 Å². The molecule has 9 heteroatoms. The van der Waals surface area contributed by atoms with Crippen LogP contribution in [0.1, 0.15) is 5.56 Å². The van der Waals surface area contributed by atoms with Crippen molar-refractivity contribution in [3.8, 4) is 0 Å². The first kappa shape index (κ1) is 21.1. The fraction of sp³-hybridized carbons (Fsp3) is 0.182. The van der Waals surface area contributed by atoms with Crippen LogP contribution < -0.4 is 0 Å². The smallest absolute Gasteiger partial charge is 0.249 e. The minimum Gasteiger partial charge on any atom is -0.337 e. The molecule has 2 heterocycles. The Morgan fingerprint density at radius 3 is 2.29 bits per heavy atom. The van der Waals surface area contributed by atoms with Gasteiger partial charge in [0.05, 0.1) is 5.52 Å². The van der Waals surface area contributed by atoms with E-state index in [9.17, 15) is 22.0 Å². The van der Waals surface area contributed by atoms with Crippen LogP contribution in [0.15, 0.2) is 65.7 Å². The SMILES string of the molecule is O=C(C=Cc1cccc2cccnc12)N1CCN(S(=O)(=O)c2c(F)cccc2F)CC1. The van der Waals surface area contributed by atoms with Crippen molar-refractivity contribution in [2.45, 2.75) is 4.90 Å². The molecule has 1 fully saturated rings. The third-order valence-electron chi connectivity index (χ3n) is 5.14. The number of carbonyl (C=O) groups is 1. The van der Waals surface area contributed by atoms with Gasteiger partial charge in [-0.3, -0.25) is 9.78 Å². The number of halogens is 2. The lowest BCUT2D eigenvalue weighted by atomic mass is 10.1. The van der Waals surface area contributed by atoms with Crippen molar-refractivity contribution in [1.82, 2.24) is 14.2 Å². The number of sulfonamides is 1. The normalized spacial score (nSPS) is 15.6. The molecular formula is C22H19F2N3O3S. The third kappa shape index (κ3) is 4.19. The highest BCUT2D eigenvalue weighted by Gasteiger charge is 2.33. The summed E-state index contributed by atoms with van der Waals surface area (Å²) >= 11 is 0. The molecule has 1 aliphatic heterocycles. The Bertz CT molecular complexity index is 1240. The van der Waals surface area contributed by atoms with Crippen LogP contribution in [0.2, 0.25) is 0 Å². The molecule has 1 aliphatic rings. The fourth-order valence-electron chi connectivity index (χ4n) is 3.54. The summed E-state index contributed by atoms with van der Waals surface area (Å²) in [7, 11) is -4.33. The Labute approximate surface area is 178 Å². The molecule has 2 aromatic carbocycles. The summed E-state index contributed by atoms with van der Waals surface area (Å²) in [6.45, 7) is 0.134. The van der Waals surface area contributed by atoms with Crippen LogP contribution in [-0.2, 0) is 14.8 Å². The van der Waals surface area contributed by atoms with Gasteiger partial charge in [-0.15, -0.1) is 0 Å². The molecular weight excluding hydrogens is 424 g/mol. The Kier molecular flexibility index (Phi) is 5.79. The Morgan fingerprint density at radius 1 is 0.935 bits per heavy atom. The number of amides is 1. The molecule has 4 rings (SSSR count). The number of aromatic nitrogens is 1. The minimum absolute atomic E-state index is 0.0501. The maximum absolute atomic E-state index is 14.0. The van der Waals surface area contributed by atoms with Crippen LogP contribution in [0.5, 0.6) is 0 Å². The molecule has 1 saturated heterocycles. The van der Waals surface area contributed by atoms with E-state index >= 15 is 0 Å². The van der Waals surface area contributed by atoms with E-state index in [1.54, 1.807) is 12.3 Å². The van der Waals surface area contributed by atoms with Gasteiger partial charge in [0.1, 0.15) is 11.6 Å². The van der Waals surface area contributed by atoms with Crippen molar-refractivity contribution < 1.29 is 22.0 Å². The number of piperazine rings is 1. The molecule has 0 N–H and O–H groups in total. The van der Waals surface area contributed by atoms with Crippen LogP contribution in [0.4, 0.5) is 8.78 Å². The molecule has 0 radical (unpaired) electrons. The highest BCUT2D eigenvalue weighted by Crippen LogP contribution is 2.24. The molecule has 0 saturated carbocycles. The van der Waals surface area contributed by atoms with E-state index in [2.05, 4.69) is 4.98 Å². The Balaban J connectivity index is 1.45. The molecule has 6 nitrogen and oxygen atoms in total. The lowest BCUT2D eigenvalue weighted by Gasteiger charge is -2.33. The number of nitrogens with zero attached hydrogens (tertiary/aromatic N) is 3. The number of hydrogen-bond donors (Lipinski definition) is 0. The quantitative estimate of drug-likeness (QED) is 0.581. The molecule has 3 aromatic rings. The number of para-hydroxylation sites is 1. The topological polar surface area (TPSA) is 70.6 Å². The number of carbonyl (C=O) groups excluding carboxylic acids is 1. The van der Waals surface area contributed by atoms with Crippen molar-refractivity contribution in [3.05, 3.63) is 78.0 Å². The van der Waals surface area contributed by atoms with E-state index in [0.717, 1.165) is 39.0 Å². The van der Waals surface area contributed by atoms with Gasteiger partial charge in [0.15, 0.2) is 4.90 Å². The van der Waals surface area contributed by atoms with E-state index in [1.165, 1.54) is 11.0 Å². The van der Waals surface area contributed by atoms with Crippen molar-refractivity contribution in [3.63, 3.8) is 0 Å². The van der Waals surface area contributed by atoms with Crippen molar-refractivity contribution in [1.29, 1.82) is 0 Å². The van der Waals surface area contributed by atoms with E-state index in [1.807, 2.05) is 30.3 Å². The molecule has 160 valence electrons. The number of hydrogen-bond acceptors (Lipinski definition) is 4. The van der Waals surface area contributed by atoms with Crippen LogP contribution >= 0.6 is 0 Å². The Hall–Kier alpha value is -3.17. The highest BCUT2D eigenvalue weighted by molar-refractivity contribution is 7.89.